The normalized spacial score (nSPS) is 12.3. The molecule has 0 aliphatic rings. The lowest BCUT2D eigenvalue weighted by molar-refractivity contribution is 0.651. The number of hydrogen-bond donors (Lipinski definition) is 0. The Morgan fingerprint density at radius 3 is 2.20 bits per heavy atom. The summed E-state index contributed by atoms with van der Waals surface area (Å²) >= 11 is 0. The Kier molecular flexibility index (Phi) is 7.16. The minimum absolute atomic E-state index is 0.617. The van der Waals surface area contributed by atoms with Crippen molar-refractivity contribution in [1.82, 2.24) is 28.9 Å². The van der Waals surface area contributed by atoms with Crippen LogP contribution in [0.5, 0.6) is 0 Å². The van der Waals surface area contributed by atoms with Gasteiger partial charge in [-0.2, -0.15) is 0 Å². The van der Waals surface area contributed by atoms with Gasteiger partial charge in [0.2, 0.25) is 11.5 Å². The van der Waals surface area contributed by atoms with Gasteiger partial charge in [0.1, 0.15) is 11.1 Å². The fourth-order valence-corrected chi connectivity index (χ4v) is 6.70. The van der Waals surface area contributed by atoms with Crippen molar-refractivity contribution in [3.8, 4) is 39.6 Å². The number of rotatable bonds is 7. The van der Waals surface area contributed by atoms with E-state index in [1.807, 2.05) is 73.7 Å². The summed E-state index contributed by atoms with van der Waals surface area (Å²) in [4.78, 5) is 20.2. The van der Waals surface area contributed by atoms with Crippen LogP contribution in [0, 0.1) is 0 Å². The van der Waals surface area contributed by atoms with Gasteiger partial charge in [0, 0.05) is 27.8 Å². The first-order valence-corrected chi connectivity index (χ1v) is 16.9. The molecule has 0 aliphatic carbocycles. The standard InChI is InChI=1S/C43H32N6O/c1-3-5-16-28(4-2)39-45-40(29-17-8-6-9-18-29)47-41(46-39)33-22-13-12-21-32(33)30-25-26-35-36(27-30)48(31-19-10-7-11-20-31)43-44-38-34-23-14-15-24-37(34)50-42(38)49(35)43/h4-27H,3H2,1-2H3/b16-5-,28-4+. The van der Waals surface area contributed by atoms with Gasteiger partial charge in [-0.05, 0) is 60.9 Å². The molecule has 9 rings (SSSR count). The molecular formula is C43H32N6O. The molecule has 7 nitrogen and oxygen atoms in total. The third-order valence-electron chi connectivity index (χ3n) is 9.09. The van der Waals surface area contributed by atoms with Gasteiger partial charge < -0.3 is 4.42 Å². The zero-order valence-electron chi connectivity index (χ0n) is 27.7. The van der Waals surface area contributed by atoms with E-state index >= 15 is 0 Å². The smallest absolute Gasteiger partial charge is 0.234 e. The van der Waals surface area contributed by atoms with Crippen molar-refractivity contribution in [2.75, 3.05) is 0 Å². The van der Waals surface area contributed by atoms with Crippen molar-refractivity contribution < 1.29 is 4.42 Å². The SMILES string of the molecule is C/C=C(\C=C/CC)c1nc(-c2ccccc2)nc(-c2ccccc2-c2ccc3c(c2)n(-c2ccccc2)c2nc4c5ccccc5oc4n32)n1. The minimum Gasteiger partial charge on any atom is -0.437 e. The van der Waals surface area contributed by atoms with Crippen molar-refractivity contribution >= 4 is 44.6 Å². The zero-order chi connectivity index (χ0) is 33.6. The van der Waals surface area contributed by atoms with E-state index in [9.17, 15) is 0 Å². The number of aromatic nitrogens is 6. The molecule has 4 heterocycles. The van der Waals surface area contributed by atoms with Crippen LogP contribution in [0.3, 0.4) is 0 Å². The lowest BCUT2D eigenvalue weighted by Crippen LogP contribution is -2.03. The molecular weight excluding hydrogens is 617 g/mol. The zero-order valence-corrected chi connectivity index (χ0v) is 27.7. The Bertz CT molecular complexity index is 2750. The highest BCUT2D eigenvalue weighted by Crippen LogP contribution is 2.38. The largest absolute Gasteiger partial charge is 0.437 e. The van der Waals surface area contributed by atoms with E-state index in [0.29, 0.717) is 17.5 Å². The van der Waals surface area contributed by atoms with Gasteiger partial charge in [0.25, 0.3) is 0 Å². The van der Waals surface area contributed by atoms with E-state index in [-0.39, 0.29) is 0 Å². The van der Waals surface area contributed by atoms with Crippen LogP contribution < -0.4 is 0 Å². The van der Waals surface area contributed by atoms with Crippen LogP contribution in [0.4, 0.5) is 0 Å². The average Bonchev–Trinajstić information content (AvgIpc) is 3.82. The summed E-state index contributed by atoms with van der Waals surface area (Å²) in [6, 6.07) is 43.4. The Balaban J connectivity index is 1.27. The van der Waals surface area contributed by atoms with Gasteiger partial charge in [-0.15, -0.1) is 0 Å². The summed E-state index contributed by atoms with van der Waals surface area (Å²) < 4.78 is 10.8. The lowest BCUT2D eigenvalue weighted by Gasteiger charge is -2.13. The van der Waals surface area contributed by atoms with Crippen LogP contribution >= 0.6 is 0 Å². The van der Waals surface area contributed by atoms with Crippen molar-refractivity contribution in [1.29, 1.82) is 0 Å². The molecule has 0 N–H and O–H groups in total. The molecule has 0 radical (unpaired) electrons. The molecule has 0 atom stereocenters. The summed E-state index contributed by atoms with van der Waals surface area (Å²) in [6.07, 6.45) is 7.18. The second-order valence-corrected chi connectivity index (χ2v) is 12.1. The van der Waals surface area contributed by atoms with Crippen LogP contribution in [0.25, 0.3) is 84.2 Å². The second kappa shape index (κ2) is 12.1. The molecule has 0 spiro atoms. The molecule has 0 amide bonds. The summed E-state index contributed by atoms with van der Waals surface area (Å²) in [5.41, 5.74) is 10.3. The first kappa shape index (κ1) is 29.5. The van der Waals surface area contributed by atoms with Crippen LogP contribution in [0.1, 0.15) is 26.1 Å². The molecule has 50 heavy (non-hydrogen) atoms. The Hall–Kier alpha value is -6.60. The van der Waals surface area contributed by atoms with Crippen LogP contribution in [0.15, 0.2) is 150 Å². The van der Waals surface area contributed by atoms with Crippen molar-refractivity contribution in [2.45, 2.75) is 20.3 Å². The number of imidazole rings is 2. The number of hydrogen-bond acceptors (Lipinski definition) is 5. The van der Waals surface area contributed by atoms with E-state index in [0.717, 1.165) is 78.9 Å². The maximum atomic E-state index is 6.42. The monoisotopic (exact) mass is 648 g/mol. The van der Waals surface area contributed by atoms with E-state index in [4.69, 9.17) is 24.4 Å². The first-order chi connectivity index (χ1) is 24.7. The van der Waals surface area contributed by atoms with Crippen molar-refractivity contribution in [2.24, 2.45) is 0 Å². The molecule has 0 saturated heterocycles. The highest BCUT2D eigenvalue weighted by atomic mass is 16.3. The van der Waals surface area contributed by atoms with Crippen molar-refractivity contribution in [3.05, 3.63) is 151 Å². The first-order valence-electron chi connectivity index (χ1n) is 16.9. The van der Waals surface area contributed by atoms with Gasteiger partial charge in [-0.3, -0.25) is 4.57 Å². The number of para-hydroxylation sites is 2. The van der Waals surface area contributed by atoms with Gasteiger partial charge >= 0.3 is 0 Å². The average molecular weight is 649 g/mol. The third kappa shape index (κ3) is 4.82. The maximum Gasteiger partial charge on any atom is 0.234 e. The molecule has 7 heteroatoms. The predicted octanol–water partition coefficient (Wildman–Crippen LogP) is 10.7. The summed E-state index contributed by atoms with van der Waals surface area (Å²) in [6.45, 7) is 4.14. The number of furan rings is 1. The van der Waals surface area contributed by atoms with E-state index in [1.54, 1.807) is 0 Å². The topological polar surface area (TPSA) is 74.0 Å². The van der Waals surface area contributed by atoms with Crippen molar-refractivity contribution in [3.63, 3.8) is 0 Å². The maximum absolute atomic E-state index is 6.42. The molecule has 0 aliphatic heterocycles. The Morgan fingerprint density at radius 2 is 1.40 bits per heavy atom. The van der Waals surface area contributed by atoms with Crippen LogP contribution in [-0.4, -0.2) is 28.9 Å². The highest BCUT2D eigenvalue weighted by Gasteiger charge is 2.23. The van der Waals surface area contributed by atoms with Gasteiger partial charge in [-0.25, -0.2) is 24.3 Å². The van der Waals surface area contributed by atoms with Gasteiger partial charge in [0.05, 0.1) is 11.0 Å². The molecule has 5 aromatic carbocycles. The highest BCUT2D eigenvalue weighted by molar-refractivity contribution is 6.05. The predicted molar refractivity (Wildman–Crippen MR) is 202 cm³/mol. The van der Waals surface area contributed by atoms with Crippen LogP contribution in [-0.2, 0) is 0 Å². The lowest BCUT2D eigenvalue weighted by atomic mass is 9.98. The van der Waals surface area contributed by atoms with Gasteiger partial charge in [-0.1, -0.05) is 116 Å². The fourth-order valence-electron chi connectivity index (χ4n) is 6.70. The number of allylic oxidation sites excluding steroid dienone is 4. The van der Waals surface area contributed by atoms with E-state index in [1.165, 1.54) is 0 Å². The molecule has 240 valence electrons. The molecule has 0 unspecified atom stereocenters. The number of nitrogens with zero attached hydrogens (tertiary/aromatic N) is 6. The molecule has 0 bridgehead atoms. The van der Waals surface area contributed by atoms with Crippen LogP contribution in [0.2, 0.25) is 0 Å². The molecule has 9 aromatic rings. The number of benzene rings is 5. The van der Waals surface area contributed by atoms with E-state index in [2.05, 4.69) is 94.8 Å². The van der Waals surface area contributed by atoms with E-state index < -0.39 is 0 Å². The third-order valence-corrected chi connectivity index (χ3v) is 9.09. The molecule has 0 fully saturated rings. The molecule has 4 aromatic heterocycles. The summed E-state index contributed by atoms with van der Waals surface area (Å²) in [5, 5.41) is 1.00. The molecule has 0 saturated carbocycles. The Labute approximate surface area is 288 Å². The summed E-state index contributed by atoms with van der Waals surface area (Å²) in [7, 11) is 0. The quantitative estimate of drug-likeness (QED) is 0.161. The summed E-state index contributed by atoms with van der Waals surface area (Å²) in [5.74, 6) is 2.69. The Morgan fingerprint density at radius 1 is 0.680 bits per heavy atom. The fraction of sp³-hybridized carbons (Fsp3) is 0.0698. The minimum atomic E-state index is 0.617. The number of fused-ring (bicyclic) bond motifs is 7. The second-order valence-electron chi connectivity index (χ2n) is 12.1. The van der Waals surface area contributed by atoms with Gasteiger partial charge in [0.15, 0.2) is 17.5 Å².